The lowest BCUT2D eigenvalue weighted by molar-refractivity contribution is -0.127. The van der Waals surface area contributed by atoms with Gasteiger partial charge in [-0.05, 0) is 42.3 Å². The molecule has 2 aromatic carbocycles. The first-order valence-electron chi connectivity index (χ1n) is 10.2. The minimum Gasteiger partial charge on any atom is -0.478 e. The number of hydrogen-bond donors (Lipinski definition) is 2. The molecule has 0 aliphatic rings. The SMILES string of the molecule is C[C@H](NC(=O)c1c(C(F)F)nn(C)c1Oc1cccc(CC(F)(F)F)c1)c1ccc(C(=O)O)cc1. The molecule has 0 saturated carbocycles. The summed E-state index contributed by atoms with van der Waals surface area (Å²) < 4.78 is 72.0. The summed E-state index contributed by atoms with van der Waals surface area (Å²) in [5, 5.41) is 15.2. The van der Waals surface area contributed by atoms with E-state index >= 15 is 0 Å². The molecule has 7 nitrogen and oxygen atoms in total. The van der Waals surface area contributed by atoms with Crippen LogP contribution >= 0.6 is 0 Å². The second-order valence-electron chi connectivity index (χ2n) is 7.65. The molecule has 1 atom stereocenters. The first kappa shape index (κ1) is 25.7. The summed E-state index contributed by atoms with van der Waals surface area (Å²) in [6, 6.07) is 9.85. The third-order valence-corrected chi connectivity index (χ3v) is 4.98. The van der Waals surface area contributed by atoms with E-state index < -0.39 is 48.2 Å². The van der Waals surface area contributed by atoms with E-state index in [0.29, 0.717) is 5.56 Å². The predicted molar refractivity (Wildman–Crippen MR) is 114 cm³/mol. The molecule has 0 saturated heterocycles. The van der Waals surface area contributed by atoms with Crippen LogP contribution in [-0.2, 0) is 13.5 Å². The zero-order valence-corrected chi connectivity index (χ0v) is 18.4. The van der Waals surface area contributed by atoms with Gasteiger partial charge in [-0.15, -0.1) is 0 Å². The monoisotopic (exact) mass is 497 g/mol. The summed E-state index contributed by atoms with van der Waals surface area (Å²) in [4.78, 5) is 24.0. The fraction of sp³-hybridized carbons (Fsp3) is 0.261. The summed E-state index contributed by atoms with van der Waals surface area (Å²) in [7, 11) is 1.26. The lowest BCUT2D eigenvalue weighted by Crippen LogP contribution is -2.27. The van der Waals surface area contributed by atoms with Crippen LogP contribution in [-0.4, -0.2) is 32.9 Å². The van der Waals surface area contributed by atoms with E-state index in [1.54, 1.807) is 6.92 Å². The number of alkyl halides is 5. The molecule has 1 heterocycles. The molecule has 186 valence electrons. The van der Waals surface area contributed by atoms with Crippen LogP contribution in [0.3, 0.4) is 0 Å². The number of hydrogen-bond acceptors (Lipinski definition) is 4. The maximum Gasteiger partial charge on any atom is 0.393 e. The minimum atomic E-state index is -4.46. The molecule has 0 radical (unpaired) electrons. The molecule has 2 N–H and O–H groups in total. The topological polar surface area (TPSA) is 93.5 Å². The van der Waals surface area contributed by atoms with Crippen molar-refractivity contribution in [3.05, 3.63) is 76.5 Å². The number of carbonyl (C=O) groups excluding carboxylic acids is 1. The van der Waals surface area contributed by atoms with Gasteiger partial charge in [-0.3, -0.25) is 4.79 Å². The molecular weight excluding hydrogens is 477 g/mol. The molecule has 0 spiro atoms. The Hall–Kier alpha value is -3.96. The Labute approximate surface area is 196 Å². The van der Waals surface area contributed by atoms with Gasteiger partial charge < -0.3 is 15.2 Å². The van der Waals surface area contributed by atoms with Gasteiger partial charge in [-0.25, -0.2) is 18.3 Å². The Bertz CT molecular complexity index is 1220. The van der Waals surface area contributed by atoms with Crippen LogP contribution in [0, 0.1) is 0 Å². The number of benzene rings is 2. The third kappa shape index (κ3) is 6.34. The number of nitrogens with one attached hydrogen (secondary N) is 1. The summed E-state index contributed by atoms with van der Waals surface area (Å²) in [6.45, 7) is 1.56. The lowest BCUT2D eigenvalue weighted by Gasteiger charge is -2.16. The Balaban J connectivity index is 1.90. The quantitative estimate of drug-likeness (QED) is 0.404. The Morgan fingerprint density at radius 1 is 1.14 bits per heavy atom. The van der Waals surface area contributed by atoms with Gasteiger partial charge in [0.15, 0.2) is 0 Å². The lowest BCUT2D eigenvalue weighted by atomic mass is 10.1. The summed E-state index contributed by atoms with van der Waals surface area (Å²) in [6.07, 6.45) is -8.82. The van der Waals surface area contributed by atoms with E-state index in [2.05, 4.69) is 10.4 Å². The summed E-state index contributed by atoms with van der Waals surface area (Å²) in [5.41, 5.74) is -1.01. The first-order chi connectivity index (χ1) is 16.4. The van der Waals surface area contributed by atoms with E-state index in [1.807, 2.05) is 0 Å². The van der Waals surface area contributed by atoms with Crippen LogP contribution in [0.5, 0.6) is 11.6 Å². The fourth-order valence-corrected chi connectivity index (χ4v) is 3.34. The highest BCUT2D eigenvalue weighted by Crippen LogP contribution is 2.33. The zero-order valence-electron chi connectivity index (χ0n) is 18.4. The van der Waals surface area contributed by atoms with Crippen LogP contribution in [0.4, 0.5) is 22.0 Å². The Morgan fingerprint density at radius 3 is 2.37 bits per heavy atom. The van der Waals surface area contributed by atoms with Gasteiger partial charge in [0.2, 0.25) is 5.88 Å². The van der Waals surface area contributed by atoms with Gasteiger partial charge in [-0.2, -0.15) is 18.3 Å². The number of carboxylic acids is 1. The van der Waals surface area contributed by atoms with E-state index in [4.69, 9.17) is 9.84 Å². The number of carbonyl (C=O) groups is 2. The number of nitrogens with zero attached hydrogens (tertiary/aromatic N) is 2. The van der Waals surface area contributed by atoms with Crippen LogP contribution in [0.2, 0.25) is 0 Å². The van der Waals surface area contributed by atoms with Crippen LogP contribution < -0.4 is 10.1 Å². The first-order valence-corrected chi connectivity index (χ1v) is 10.2. The Kier molecular flexibility index (Phi) is 7.42. The van der Waals surface area contributed by atoms with Gasteiger partial charge in [0.25, 0.3) is 12.3 Å². The summed E-state index contributed by atoms with van der Waals surface area (Å²) in [5.74, 6) is -2.56. The van der Waals surface area contributed by atoms with Crippen molar-refractivity contribution in [1.29, 1.82) is 0 Å². The second-order valence-corrected chi connectivity index (χ2v) is 7.65. The molecule has 3 aromatic rings. The van der Waals surface area contributed by atoms with Gasteiger partial charge in [0, 0.05) is 7.05 Å². The molecule has 1 amide bonds. The number of aromatic carboxylic acids is 1. The van der Waals surface area contributed by atoms with Gasteiger partial charge in [0.1, 0.15) is 17.0 Å². The number of rotatable bonds is 8. The fourth-order valence-electron chi connectivity index (χ4n) is 3.34. The number of ether oxygens (including phenoxy) is 1. The average Bonchev–Trinajstić information content (AvgIpc) is 3.09. The molecule has 12 heteroatoms. The van der Waals surface area contributed by atoms with Crippen molar-refractivity contribution < 1.29 is 41.4 Å². The predicted octanol–water partition coefficient (Wildman–Crippen LogP) is 5.44. The number of amides is 1. The highest BCUT2D eigenvalue weighted by molar-refractivity contribution is 5.98. The highest BCUT2D eigenvalue weighted by atomic mass is 19.4. The zero-order chi connectivity index (χ0) is 25.9. The molecule has 0 aliphatic carbocycles. The molecular formula is C23H20F5N3O4. The Morgan fingerprint density at radius 2 is 1.80 bits per heavy atom. The highest BCUT2D eigenvalue weighted by Gasteiger charge is 2.31. The molecule has 0 unspecified atom stereocenters. The molecule has 1 aromatic heterocycles. The van der Waals surface area contributed by atoms with Crippen molar-refractivity contribution in [2.75, 3.05) is 0 Å². The van der Waals surface area contributed by atoms with Crippen LogP contribution in [0.1, 0.15) is 56.9 Å². The molecule has 0 bridgehead atoms. The third-order valence-electron chi connectivity index (χ3n) is 4.98. The molecule has 0 fully saturated rings. The van der Waals surface area contributed by atoms with Crippen LogP contribution in [0.25, 0.3) is 0 Å². The minimum absolute atomic E-state index is 0.0305. The van der Waals surface area contributed by atoms with E-state index in [-0.39, 0.29) is 22.8 Å². The van der Waals surface area contributed by atoms with Crippen molar-refractivity contribution in [3.63, 3.8) is 0 Å². The molecule has 3 rings (SSSR count). The number of aromatic nitrogens is 2. The largest absolute Gasteiger partial charge is 0.478 e. The smallest absolute Gasteiger partial charge is 0.393 e. The summed E-state index contributed by atoms with van der Waals surface area (Å²) >= 11 is 0. The normalized spacial score (nSPS) is 12.5. The van der Waals surface area contributed by atoms with Crippen molar-refractivity contribution >= 4 is 11.9 Å². The van der Waals surface area contributed by atoms with Crippen molar-refractivity contribution in [2.45, 2.75) is 32.0 Å². The molecule has 0 aliphatic heterocycles. The number of aryl methyl sites for hydroxylation is 1. The van der Waals surface area contributed by atoms with Gasteiger partial charge >= 0.3 is 12.1 Å². The number of carboxylic acid groups (broad SMARTS) is 1. The second kappa shape index (κ2) is 10.1. The van der Waals surface area contributed by atoms with Gasteiger partial charge in [-0.1, -0.05) is 24.3 Å². The van der Waals surface area contributed by atoms with Crippen molar-refractivity contribution in [1.82, 2.24) is 15.1 Å². The average molecular weight is 497 g/mol. The number of halogens is 5. The maximum absolute atomic E-state index is 13.7. The molecule has 35 heavy (non-hydrogen) atoms. The van der Waals surface area contributed by atoms with Crippen LogP contribution in [0.15, 0.2) is 48.5 Å². The van der Waals surface area contributed by atoms with E-state index in [0.717, 1.165) is 10.7 Å². The standard InChI is InChI=1S/C23H20F5N3O4/c1-12(14-6-8-15(9-7-14)22(33)34)29-20(32)17-18(19(24)25)30-31(2)21(17)35-16-5-3-4-13(10-16)11-23(26,27)28/h3-10,12,19H,11H2,1-2H3,(H,29,32)(H,33,34)/t12-/m0/s1. The van der Waals surface area contributed by atoms with E-state index in [1.165, 1.54) is 49.5 Å². The van der Waals surface area contributed by atoms with E-state index in [9.17, 15) is 31.5 Å². The van der Waals surface area contributed by atoms with Crippen molar-refractivity contribution in [2.24, 2.45) is 7.05 Å². The van der Waals surface area contributed by atoms with Crippen molar-refractivity contribution in [3.8, 4) is 11.6 Å². The maximum atomic E-state index is 13.7. The van der Waals surface area contributed by atoms with Gasteiger partial charge in [0.05, 0.1) is 18.0 Å².